The number of amides is 1. The fraction of sp³-hybridized carbons (Fsp3) is 0.211. The molecule has 3 aromatic rings. The molecular weight excluding hydrogens is 398 g/mol. The van der Waals surface area contributed by atoms with Gasteiger partial charge in [0.2, 0.25) is 11.1 Å². The van der Waals surface area contributed by atoms with Crippen molar-refractivity contribution in [1.82, 2.24) is 14.9 Å². The minimum absolute atomic E-state index is 0.153. The van der Waals surface area contributed by atoms with Crippen LogP contribution in [0.3, 0.4) is 0 Å². The summed E-state index contributed by atoms with van der Waals surface area (Å²) in [6.07, 6.45) is 0. The van der Waals surface area contributed by atoms with Gasteiger partial charge in [-0.05, 0) is 61.9 Å². The Kier molecular flexibility index (Phi) is 6.43. The number of hydrogen-bond donors (Lipinski definition) is 2. The zero-order chi connectivity index (χ0) is 20.1. The second kappa shape index (κ2) is 8.99. The van der Waals surface area contributed by atoms with Crippen LogP contribution >= 0.6 is 23.4 Å². The molecule has 0 aliphatic heterocycles. The number of nitrogens with zero attached hydrogens (tertiary/aromatic N) is 3. The van der Waals surface area contributed by atoms with Crippen LogP contribution in [0.25, 0.3) is 11.4 Å². The Morgan fingerprint density at radius 2 is 2.00 bits per heavy atom. The quantitative estimate of drug-likeness (QED) is 0.449. The number of anilines is 1. The Labute approximate surface area is 172 Å². The van der Waals surface area contributed by atoms with E-state index >= 15 is 0 Å². The molecule has 0 spiro atoms. The van der Waals surface area contributed by atoms with Gasteiger partial charge in [-0.2, -0.15) is 0 Å². The number of hydrogen-bond acceptors (Lipinski definition) is 6. The zero-order valence-electron chi connectivity index (χ0n) is 15.5. The van der Waals surface area contributed by atoms with Gasteiger partial charge in [-0.3, -0.25) is 4.79 Å². The molecule has 0 saturated heterocycles. The normalized spacial score (nSPS) is 10.7. The number of rotatable bonds is 7. The first-order valence-corrected chi connectivity index (χ1v) is 9.96. The Balaban J connectivity index is 1.63. The molecule has 3 N–H and O–H groups in total. The van der Waals surface area contributed by atoms with E-state index in [1.807, 2.05) is 38.1 Å². The number of benzene rings is 2. The molecule has 0 radical (unpaired) electrons. The average molecular weight is 418 g/mol. The Hall–Kier alpha value is -2.71. The Bertz CT molecular complexity index is 975. The first-order valence-electron chi connectivity index (χ1n) is 8.60. The van der Waals surface area contributed by atoms with Crippen LogP contribution in [0.4, 0.5) is 5.69 Å². The molecule has 0 atom stereocenters. The fourth-order valence-corrected chi connectivity index (χ4v) is 3.41. The molecule has 146 valence electrons. The van der Waals surface area contributed by atoms with Gasteiger partial charge in [-0.25, -0.2) is 4.68 Å². The summed E-state index contributed by atoms with van der Waals surface area (Å²) in [5.41, 5.74) is 2.43. The van der Waals surface area contributed by atoms with Crippen LogP contribution in [0.5, 0.6) is 5.75 Å². The molecule has 9 heteroatoms. The van der Waals surface area contributed by atoms with Gasteiger partial charge in [0.25, 0.3) is 0 Å². The molecule has 28 heavy (non-hydrogen) atoms. The van der Waals surface area contributed by atoms with Crippen LogP contribution in [0.1, 0.15) is 12.5 Å². The predicted octanol–water partition coefficient (Wildman–Crippen LogP) is 3.75. The second-order valence-electron chi connectivity index (χ2n) is 5.93. The lowest BCUT2D eigenvalue weighted by Crippen LogP contribution is -2.17. The summed E-state index contributed by atoms with van der Waals surface area (Å²) < 4.78 is 6.81. The predicted molar refractivity (Wildman–Crippen MR) is 112 cm³/mol. The van der Waals surface area contributed by atoms with E-state index < -0.39 is 0 Å². The standard InChI is InChI=1S/C19H20ClN5O2S/c1-3-27-15-7-4-13(5-8-15)18-23-24-19(25(18)21)28-11-17(26)22-16-9-6-14(20)10-12(16)2/h4-10H,3,11,21H2,1-2H3,(H,22,26). The smallest absolute Gasteiger partial charge is 0.234 e. The second-order valence-corrected chi connectivity index (χ2v) is 7.31. The molecule has 3 rings (SSSR count). The van der Waals surface area contributed by atoms with Gasteiger partial charge >= 0.3 is 0 Å². The van der Waals surface area contributed by atoms with E-state index in [9.17, 15) is 4.79 Å². The minimum Gasteiger partial charge on any atom is -0.494 e. The van der Waals surface area contributed by atoms with Crippen LogP contribution < -0.4 is 15.9 Å². The summed E-state index contributed by atoms with van der Waals surface area (Å²) in [5, 5.41) is 12.1. The number of nitrogens with two attached hydrogens (primary N) is 1. The summed E-state index contributed by atoms with van der Waals surface area (Å²) in [6, 6.07) is 12.7. The lowest BCUT2D eigenvalue weighted by molar-refractivity contribution is -0.113. The van der Waals surface area contributed by atoms with Crippen LogP contribution in [0.15, 0.2) is 47.6 Å². The lowest BCUT2D eigenvalue weighted by Gasteiger charge is -2.08. The van der Waals surface area contributed by atoms with Crippen molar-refractivity contribution >= 4 is 35.0 Å². The van der Waals surface area contributed by atoms with Crippen molar-refractivity contribution in [3.05, 3.63) is 53.1 Å². The number of aromatic nitrogens is 3. The van der Waals surface area contributed by atoms with Crippen molar-refractivity contribution < 1.29 is 9.53 Å². The molecule has 1 heterocycles. The van der Waals surface area contributed by atoms with Crippen molar-refractivity contribution in [3.63, 3.8) is 0 Å². The molecular formula is C19H20ClN5O2S. The van der Waals surface area contributed by atoms with E-state index in [-0.39, 0.29) is 11.7 Å². The molecule has 1 amide bonds. The van der Waals surface area contributed by atoms with Gasteiger partial charge in [-0.15, -0.1) is 10.2 Å². The van der Waals surface area contributed by atoms with Crippen molar-refractivity contribution in [1.29, 1.82) is 0 Å². The summed E-state index contributed by atoms with van der Waals surface area (Å²) in [5.74, 6) is 7.38. The number of nitrogens with one attached hydrogen (secondary N) is 1. The summed E-state index contributed by atoms with van der Waals surface area (Å²) >= 11 is 7.15. The third-order valence-electron chi connectivity index (χ3n) is 3.88. The van der Waals surface area contributed by atoms with Crippen LogP contribution in [0, 0.1) is 6.92 Å². The van der Waals surface area contributed by atoms with Crippen molar-refractivity contribution in [3.8, 4) is 17.1 Å². The van der Waals surface area contributed by atoms with Gasteiger partial charge in [0.15, 0.2) is 5.82 Å². The molecule has 0 bridgehead atoms. The number of carbonyl (C=O) groups is 1. The van der Waals surface area contributed by atoms with Crippen LogP contribution in [-0.2, 0) is 4.79 Å². The average Bonchev–Trinajstić information content (AvgIpc) is 3.04. The minimum atomic E-state index is -0.166. The Morgan fingerprint density at radius 3 is 2.68 bits per heavy atom. The fourth-order valence-electron chi connectivity index (χ4n) is 2.52. The first-order chi connectivity index (χ1) is 13.5. The molecule has 0 aliphatic rings. The summed E-state index contributed by atoms with van der Waals surface area (Å²) in [4.78, 5) is 12.2. The highest BCUT2D eigenvalue weighted by molar-refractivity contribution is 7.99. The van der Waals surface area contributed by atoms with E-state index in [2.05, 4.69) is 15.5 Å². The van der Waals surface area contributed by atoms with E-state index in [4.69, 9.17) is 22.2 Å². The molecule has 0 fully saturated rings. The van der Waals surface area contributed by atoms with Crippen molar-refractivity contribution in [2.45, 2.75) is 19.0 Å². The van der Waals surface area contributed by atoms with E-state index in [1.54, 1.807) is 18.2 Å². The maximum atomic E-state index is 12.2. The largest absolute Gasteiger partial charge is 0.494 e. The number of halogens is 1. The maximum Gasteiger partial charge on any atom is 0.234 e. The summed E-state index contributed by atoms with van der Waals surface area (Å²) in [6.45, 7) is 4.41. The highest BCUT2D eigenvalue weighted by atomic mass is 35.5. The number of nitrogen functional groups attached to an aromatic ring is 1. The third-order valence-corrected chi connectivity index (χ3v) is 5.06. The van der Waals surface area contributed by atoms with Gasteiger partial charge in [0.05, 0.1) is 12.4 Å². The molecule has 0 saturated carbocycles. The van der Waals surface area contributed by atoms with E-state index in [1.165, 1.54) is 16.4 Å². The number of carbonyl (C=O) groups excluding carboxylic acids is 1. The van der Waals surface area contributed by atoms with Crippen LogP contribution in [0.2, 0.25) is 5.02 Å². The highest BCUT2D eigenvalue weighted by Gasteiger charge is 2.14. The molecule has 0 unspecified atom stereocenters. The zero-order valence-corrected chi connectivity index (χ0v) is 17.0. The maximum absolute atomic E-state index is 12.2. The highest BCUT2D eigenvalue weighted by Crippen LogP contribution is 2.24. The molecule has 7 nitrogen and oxygen atoms in total. The van der Waals surface area contributed by atoms with Gasteiger partial charge in [0.1, 0.15) is 5.75 Å². The lowest BCUT2D eigenvalue weighted by atomic mass is 10.2. The van der Waals surface area contributed by atoms with Gasteiger partial charge in [0, 0.05) is 16.3 Å². The van der Waals surface area contributed by atoms with Gasteiger partial charge < -0.3 is 15.9 Å². The molecule has 1 aromatic heterocycles. The Morgan fingerprint density at radius 1 is 1.25 bits per heavy atom. The van der Waals surface area contributed by atoms with E-state index in [0.717, 1.165) is 22.6 Å². The first kappa shape index (κ1) is 20.0. The van der Waals surface area contributed by atoms with E-state index in [0.29, 0.717) is 22.6 Å². The molecule has 2 aromatic carbocycles. The monoisotopic (exact) mass is 417 g/mol. The number of ether oxygens (including phenoxy) is 1. The topological polar surface area (TPSA) is 95.1 Å². The van der Waals surface area contributed by atoms with Crippen LogP contribution in [-0.4, -0.2) is 33.1 Å². The SMILES string of the molecule is CCOc1ccc(-c2nnc(SCC(=O)Nc3ccc(Cl)cc3C)n2N)cc1. The van der Waals surface area contributed by atoms with Gasteiger partial charge in [-0.1, -0.05) is 23.4 Å². The number of aryl methyl sites for hydroxylation is 1. The number of thioether (sulfide) groups is 1. The van der Waals surface area contributed by atoms with Crippen molar-refractivity contribution in [2.24, 2.45) is 0 Å². The summed E-state index contributed by atoms with van der Waals surface area (Å²) in [7, 11) is 0. The molecule has 0 aliphatic carbocycles. The third kappa shape index (κ3) is 4.76. The van der Waals surface area contributed by atoms with Crippen molar-refractivity contribution in [2.75, 3.05) is 23.5 Å².